The van der Waals surface area contributed by atoms with Gasteiger partial charge >= 0.3 is 0 Å². The average Bonchev–Trinajstić information content (AvgIpc) is 3.51. The summed E-state index contributed by atoms with van der Waals surface area (Å²) in [5.74, 6) is 1.33. The number of H-pyrrole nitrogens is 1. The molecule has 0 saturated carbocycles. The van der Waals surface area contributed by atoms with E-state index in [-0.39, 0.29) is 11.3 Å². The van der Waals surface area contributed by atoms with Gasteiger partial charge in [-0.3, -0.25) is 4.79 Å². The second kappa shape index (κ2) is 7.38. The monoisotopic (exact) mass is 418 g/mol. The van der Waals surface area contributed by atoms with Crippen LogP contribution in [-0.2, 0) is 4.79 Å². The summed E-state index contributed by atoms with van der Waals surface area (Å²) in [6.45, 7) is 10.4. The molecule has 0 bridgehead atoms. The van der Waals surface area contributed by atoms with Crippen LogP contribution in [0.3, 0.4) is 0 Å². The molecule has 1 amide bonds. The maximum atomic E-state index is 11.9. The van der Waals surface area contributed by atoms with Gasteiger partial charge in [-0.15, -0.1) is 0 Å². The zero-order chi connectivity index (χ0) is 21.6. The molecule has 1 N–H and O–H groups in total. The normalized spacial score (nSPS) is 19.5. The molecule has 0 atom stereocenters. The fourth-order valence-electron chi connectivity index (χ4n) is 5.02. The number of aromatic amines is 1. The van der Waals surface area contributed by atoms with Crippen molar-refractivity contribution < 1.29 is 4.79 Å². The van der Waals surface area contributed by atoms with Crippen molar-refractivity contribution in [3.05, 3.63) is 30.2 Å². The van der Waals surface area contributed by atoms with E-state index in [0.717, 1.165) is 64.2 Å². The molecule has 160 valence electrons. The number of nitriles is 1. The van der Waals surface area contributed by atoms with Gasteiger partial charge < -0.3 is 19.7 Å². The standard InChI is InChI=1S/C22H26N8O/c1-3-17(31)30-12-22(13-30)6-9-29(11-22)20-16(10-23)19(18-15(2)24-14-25-18)26-21(27-20)28-7-4-5-8-28/h3,14H,1,4-9,11-13H2,2H3,(H,24,25). The molecular weight excluding hydrogens is 392 g/mol. The van der Waals surface area contributed by atoms with Crippen LogP contribution in [0.4, 0.5) is 11.8 Å². The molecule has 9 heteroatoms. The highest BCUT2D eigenvalue weighted by molar-refractivity contribution is 5.87. The topological polar surface area (TPSA) is 105 Å². The van der Waals surface area contributed by atoms with Gasteiger partial charge in [0.1, 0.15) is 23.0 Å². The van der Waals surface area contributed by atoms with Gasteiger partial charge in [0.15, 0.2) is 5.82 Å². The largest absolute Gasteiger partial charge is 0.355 e. The van der Waals surface area contributed by atoms with Crippen LogP contribution >= 0.6 is 0 Å². The molecule has 3 aliphatic rings. The van der Waals surface area contributed by atoms with Crippen LogP contribution in [0.15, 0.2) is 19.0 Å². The Morgan fingerprint density at radius 1 is 1.19 bits per heavy atom. The zero-order valence-electron chi connectivity index (χ0n) is 17.8. The van der Waals surface area contributed by atoms with E-state index >= 15 is 0 Å². The number of nitrogens with zero attached hydrogens (tertiary/aromatic N) is 7. The minimum atomic E-state index is -0.0172. The van der Waals surface area contributed by atoms with E-state index in [4.69, 9.17) is 9.97 Å². The first kappa shape index (κ1) is 19.5. The number of carbonyl (C=O) groups is 1. The zero-order valence-corrected chi connectivity index (χ0v) is 17.8. The summed E-state index contributed by atoms with van der Waals surface area (Å²) in [5, 5.41) is 10.1. The quantitative estimate of drug-likeness (QED) is 0.756. The van der Waals surface area contributed by atoms with Crippen LogP contribution in [-0.4, -0.2) is 70.0 Å². The number of hydrogen-bond donors (Lipinski definition) is 1. The molecule has 3 fully saturated rings. The highest BCUT2D eigenvalue weighted by atomic mass is 16.2. The molecule has 5 heterocycles. The molecule has 3 aliphatic heterocycles. The lowest BCUT2D eigenvalue weighted by Gasteiger charge is -2.47. The third-order valence-corrected chi connectivity index (χ3v) is 6.71. The van der Waals surface area contributed by atoms with Crippen molar-refractivity contribution in [1.82, 2.24) is 24.8 Å². The van der Waals surface area contributed by atoms with Crippen LogP contribution in [0.1, 0.15) is 30.5 Å². The highest BCUT2D eigenvalue weighted by Gasteiger charge is 2.49. The molecular formula is C22H26N8O. The third kappa shape index (κ3) is 3.23. The summed E-state index contributed by atoms with van der Waals surface area (Å²) in [5.41, 5.74) is 2.69. The number of imidazole rings is 1. The summed E-state index contributed by atoms with van der Waals surface area (Å²) in [4.78, 5) is 35.3. The number of aromatic nitrogens is 4. The summed E-state index contributed by atoms with van der Waals surface area (Å²) >= 11 is 0. The third-order valence-electron chi connectivity index (χ3n) is 6.71. The van der Waals surface area contributed by atoms with Crippen molar-refractivity contribution in [2.45, 2.75) is 26.2 Å². The summed E-state index contributed by atoms with van der Waals surface area (Å²) in [6.07, 6.45) is 6.22. The van der Waals surface area contributed by atoms with E-state index in [0.29, 0.717) is 28.7 Å². The smallest absolute Gasteiger partial charge is 0.245 e. The second-order valence-corrected chi connectivity index (χ2v) is 8.82. The van der Waals surface area contributed by atoms with Gasteiger partial charge in [0.25, 0.3) is 0 Å². The van der Waals surface area contributed by atoms with Crippen molar-refractivity contribution >= 4 is 17.7 Å². The van der Waals surface area contributed by atoms with Crippen LogP contribution in [0.25, 0.3) is 11.4 Å². The maximum absolute atomic E-state index is 11.9. The van der Waals surface area contributed by atoms with Crippen LogP contribution < -0.4 is 9.80 Å². The highest BCUT2D eigenvalue weighted by Crippen LogP contribution is 2.42. The Hall–Kier alpha value is -3.41. The Labute approximate surface area is 181 Å². The van der Waals surface area contributed by atoms with Crippen molar-refractivity contribution in [2.24, 2.45) is 5.41 Å². The number of likely N-dealkylation sites (tertiary alicyclic amines) is 1. The Kier molecular flexibility index (Phi) is 4.65. The summed E-state index contributed by atoms with van der Waals surface area (Å²) < 4.78 is 0. The van der Waals surface area contributed by atoms with E-state index in [2.05, 4.69) is 32.4 Å². The molecule has 2 aromatic heterocycles. The van der Waals surface area contributed by atoms with E-state index in [1.165, 1.54) is 6.08 Å². The summed E-state index contributed by atoms with van der Waals surface area (Å²) in [6, 6.07) is 2.36. The second-order valence-electron chi connectivity index (χ2n) is 8.82. The Morgan fingerprint density at radius 2 is 1.97 bits per heavy atom. The van der Waals surface area contributed by atoms with E-state index in [1.807, 2.05) is 11.8 Å². The minimum Gasteiger partial charge on any atom is -0.355 e. The number of anilines is 2. The fourth-order valence-corrected chi connectivity index (χ4v) is 5.02. The Bertz CT molecular complexity index is 1070. The van der Waals surface area contributed by atoms with Crippen LogP contribution in [0.2, 0.25) is 0 Å². The number of amides is 1. The molecule has 5 rings (SSSR count). The van der Waals surface area contributed by atoms with Crippen LogP contribution in [0.5, 0.6) is 0 Å². The molecule has 0 aromatic carbocycles. The lowest BCUT2D eigenvalue weighted by atomic mass is 9.79. The summed E-state index contributed by atoms with van der Waals surface area (Å²) in [7, 11) is 0. The molecule has 0 unspecified atom stereocenters. The van der Waals surface area contributed by atoms with Gasteiger partial charge in [0, 0.05) is 50.4 Å². The lowest BCUT2D eigenvalue weighted by molar-refractivity contribution is -0.136. The number of aryl methyl sites for hydroxylation is 1. The average molecular weight is 419 g/mol. The molecule has 0 radical (unpaired) electrons. The van der Waals surface area contributed by atoms with Gasteiger partial charge in [-0.1, -0.05) is 6.58 Å². The minimum absolute atomic E-state index is 0.0172. The number of nitrogens with one attached hydrogen (secondary N) is 1. The van der Waals surface area contributed by atoms with E-state index in [9.17, 15) is 10.1 Å². The van der Waals surface area contributed by atoms with Crippen molar-refractivity contribution in [2.75, 3.05) is 49.1 Å². The SMILES string of the molecule is C=CC(=O)N1CC2(CCN(c3nc(N4CCCC4)nc(-c4nc[nH]c4C)c3C#N)C2)C1. The number of carbonyl (C=O) groups excluding carboxylic acids is 1. The van der Waals surface area contributed by atoms with Crippen molar-refractivity contribution in [3.63, 3.8) is 0 Å². The number of hydrogen-bond acceptors (Lipinski definition) is 7. The van der Waals surface area contributed by atoms with Gasteiger partial charge in [0.05, 0.1) is 6.33 Å². The van der Waals surface area contributed by atoms with Gasteiger partial charge in [-0.2, -0.15) is 10.2 Å². The first-order valence-corrected chi connectivity index (χ1v) is 10.8. The number of rotatable bonds is 4. The van der Waals surface area contributed by atoms with Gasteiger partial charge in [-0.25, -0.2) is 9.97 Å². The van der Waals surface area contributed by atoms with Crippen molar-refractivity contribution in [3.8, 4) is 17.5 Å². The fraction of sp³-hybridized carbons (Fsp3) is 0.500. The van der Waals surface area contributed by atoms with Gasteiger partial charge in [0.2, 0.25) is 11.9 Å². The van der Waals surface area contributed by atoms with Crippen molar-refractivity contribution in [1.29, 1.82) is 5.26 Å². The molecule has 31 heavy (non-hydrogen) atoms. The molecule has 9 nitrogen and oxygen atoms in total. The maximum Gasteiger partial charge on any atom is 0.245 e. The lowest BCUT2D eigenvalue weighted by Crippen LogP contribution is -2.59. The Balaban J connectivity index is 1.52. The predicted octanol–water partition coefficient (Wildman–Crippen LogP) is 1.87. The van der Waals surface area contributed by atoms with E-state index in [1.54, 1.807) is 6.33 Å². The predicted molar refractivity (Wildman–Crippen MR) is 117 cm³/mol. The molecule has 1 spiro atoms. The Morgan fingerprint density at radius 3 is 2.61 bits per heavy atom. The molecule has 3 saturated heterocycles. The first-order valence-electron chi connectivity index (χ1n) is 10.8. The van der Waals surface area contributed by atoms with Crippen LogP contribution in [0, 0.1) is 23.7 Å². The first-order chi connectivity index (χ1) is 15.0. The van der Waals surface area contributed by atoms with E-state index < -0.39 is 0 Å². The molecule has 2 aromatic rings. The molecule has 0 aliphatic carbocycles. The van der Waals surface area contributed by atoms with Gasteiger partial charge in [-0.05, 0) is 32.3 Å².